The molecule has 1 rings (SSSR count). The second-order valence-electron chi connectivity index (χ2n) is 3.17. The van der Waals surface area contributed by atoms with Gasteiger partial charge in [0.1, 0.15) is 0 Å². The monoisotopic (exact) mass is 260 g/mol. The number of aryl methyl sites for hydroxylation is 1. The smallest absolute Gasteiger partial charge is 0.210 e. The molecular weight excluding hydrogens is 247 g/mol. The summed E-state index contributed by atoms with van der Waals surface area (Å²) in [6, 6.07) is 3.52. The fraction of sp³-hybridized carbons (Fsp3) is 0.300. The molecule has 0 fully saturated rings. The highest BCUT2D eigenvalue weighted by Gasteiger charge is 2.06. The van der Waals surface area contributed by atoms with Crippen molar-refractivity contribution in [1.82, 2.24) is 5.43 Å². The lowest BCUT2D eigenvalue weighted by Crippen LogP contribution is -2.36. The summed E-state index contributed by atoms with van der Waals surface area (Å²) < 4.78 is 0. The molecule has 0 amide bonds. The van der Waals surface area contributed by atoms with Crippen molar-refractivity contribution in [2.75, 3.05) is 11.9 Å². The Morgan fingerprint density at radius 1 is 1.38 bits per heavy atom. The Kier molecular flexibility index (Phi) is 4.86. The summed E-state index contributed by atoms with van der Waals surface area (Å²) in [6.45, 7) is 4.41. The number of hydrogen-bond donors (Lipinski definition) is 3. The van der Waals surface area contributed by atoms with Gasteiger partial charge in [0.15, 0.2) is 0 Å². The number of anilines is 1. The number of benzene rings is 1. The first kappa shape index (κ1) is 13.1. The number of nitrogens with zero attached hydrogens (tertiary/aromatic N) is 1. The number of nitrogens with one attached hydrogen (secondary N) is 2. The number of aliphatic imine (C=N–C) groups is 1. The van der Waals surface area contributed by atoms with Gasteiger partial charge in [0.05, 0.1) is 10.7 Å². The van der Waals surface area contributed by atoms with E-state index in [1.54, 1.807) is 12.1 Å². The van der Waals surface area contributed by atoms with Crippen LogP contribution in [0.2, 0.25) is 10.0 Å². The van der Waals surface area contributed by atoms with E-state index < -0.39 is 0 Å². The van der Waals surface area contributed by atoms with E-state index in [2.05, 4.69) is 15.7 Å². The van der Waals surface area contributed by atoms with Crippen molar-refractivity contribution in [2.45, 2.75) is 13.8 Å². The van der Waals surface area contributed by atoms with Crippen LogP contribution in [0.1, 0.15) is 12.5 Å². The average Bonchev–Trinajstić information content (AvgIpc) is 2.25. The molecule has 0 spiro atoms. The lowest BCUT2D eigenvalue weighted by molar-refractivity contribution is 0.986. The van der Waals surface area contributed by atoms with Crippen LogP contribution in [0.4, 0.5) is 5.69 Å². The van der Waals surface area contributed by atoms with E-state index in [0.29, 0.717) is 28.2 Å². The molecule has 6 heteroatoms. The van der Waals surface area contributed by atoms with Gasteiger partial charge in [-0.3, -0.25) is 10.4 Å². The molecule has 0 radical (unpaired) electrons. The SMILES string of the molecule is CCN=C(NN)Nc1cc(Cl)c(C)cc1Cl. The van der Waals surface area contributed by atoms with E-state index >= 15 is 0 Å². The standard InChI is InChI=1S/C10H14Cl2N4/c1-3-14-10(16-13)15-9-5-7(11)6(2)4-8(9)12/h4-5H,3,13H2,1-2H3,(H2,14,15,16). The zero-order valence-electron chi connectivity index (χ0n) is 9.14. The van der Waals surface area contributed by atoms with Crippen molar-refractivity contribution in [2.24, 2.45) is 10.8 Å². The number of rotatable bonds is 2. The highest BCUT2D eigenvalue weighted by atomic mass is 35.5. The molecule has 0 aliphatic rings. The largest absolute Gasteiger partial charge is 0.324 e. The normalized spacial score (nSPS) is 11.4. The number of guanidine groups is 1. The first-order valence-corrected chi connectivity index (χ1v) is 5.57. The summed E-state index contributed by atoms with van der Waals surface area (Å²) in [5.41, 5.74) is 4.04. The van der Waals surface area contributed by atoms with E-state index in [1.807, 2.05) is 13.8 Å². The van der Waals surface area contributed by atoms with Crippen molar-refractivity contribution < 1.29 is 0 Å². The fourth-order valence-electron chi connectivity index (χ4n) is 1.15. The van der Waals surface area contributed by atoms with Crippen molar-refractivity contribution >= 4 is 34.8 Å². The molecule has 4 nitrogen and oxygen atoms in total. The minimum atomic E-state index is 0.448. The molecule has 0 heterocycles. The third-order valence-electron chi connectivity index (χ3n) is 1.95. The molecule has 0 aliphatic heterocycles. The number of halogens is 2. The van der Waals surface area contributed by atoms with Crippen LogP contribution in [0, 0.1) is 6.92 Å². The minimum absolute atomic E-state index is 0.448. The zero-order chi connectivity index (χ0) is 12.1. The summed E-state index contributed by atoms with van der Waals surface area (Å²) >= 11 is 12.1. The van der Waals surface area contributed by atoms with Crippen molar-refractivity contribution in [3.8, 4) is 0 Å². The van der Waals surface area contributed by atoms with Crippen LogP contribution in [0.15, 0.2) is 17.1 Å². The van der Waals surface area contributed by atoms with Crippen LogP contribution in [-0.2, 0) is 0 Å². The molecule has 88 valence electrons. The van der Waals surface area contributed by atoms with Crippen LogP contribution < -0.4 is 16.6 Å². The Morgan fingerprint density at radius 2 is 2.06 bits per heavy atom. The molecule has 0 saturated carbocycles. The Labute approximate surface area is 105 Å². The highest BCUT2D eigenvalue weighted by Crippen LogP contribution is 2.28. The Hall–Kier alpha value is -0.970. The fourth-order valence-corrected chi connectivity index (χ4v) is 1.58. The predicted octanol–water partition coefficient (Wildman–Crippen LogP) is 2.55. The van der Waals surface area contributed by atoms with Gasteiger partial charge < -0.3 is 5.32 Å². The Bertz CT molecular complexity index is 404. The molecule has 1 aromatic rings. The van der Waals surface area contributed by atoms with E-state index in [0.717, 1.165) is 5.56 Å². The van der Waals surface area contributed by atoms with Gasteiger partial charge in [0.25, 0.3) is 0 Å². The van der Waals surface area contributed by atoms with Gasteiger partial charge in [-0.2, -0.15) is 0 Å². The lowest BCUT2D eigenvalue weighted by Gasteiger charge is -2.11. The molecule has 0 aliphatic carbocycles. The van der Waals surface area contributed by atoms with Gasteiger partial charge in [-0.1, -0.05) is 23.2 Å². The molecule has 0 unspecified atom stereocenters. The van der Waals surface area contributed by atoms with Crippen LogP contribution >= 0.6 is 23.2 Å². The van der Waals surface area contributed by atoms with Crippen LogP contribution in [0.3, 0.4) is 0 Å². The number of hydrogen-bond acceptors (Lipinski definition) is 2. The summed E-state index contributed by atoms with van der Waals surface area (Å²) in [6.07, 6.45) is 0. The second-order valence-corrected chi connectivity index (χ2v) is 3.99. The first-order chi connectivity index (χ1) is 7.58. The van der Waals surface area contributed by atoms with Crippen molar-refractivity contribution in [3.05, 3.63) is 27.7 Å². The average molecular weight is 261 g/mol. The summed E-state index contributed by atoms with van der Waals surface area (Å²) in [4.78, 5) is 4.10. The topological polar surface area (TPSA) is 62.4 Å². The third-order valence-corrected chi connectivity index (χ3v) is 2.67. The number of hydrazine groups is 1. The van der Waals surface area contributed by atoms with E-state index in [-0.39, 0.29) is 0 Å². The lowest BCUT2D eigenvalue weighted by atomic mass is 10.2. The second kappa shape index (κ2) is 5.94. The maximum atomic E-state index is 6.06. The Morgan fingerprint density at radius 3 is 2.62 bits per heavy atom. The maximum absolute atomic E-state index is 6.06. The highest BCUT2D eigenvalue weighted by molar-refractivity contribution is 6.36. The molecule has 0 atom stereocenters. The molecule has 0 aromatic heterocycles. The summed E-state index contributed by atoms with van der Waals surface area (Å²) in [7, 11) is 0. The maximum Gasteiger partial charge on any atom is 0.210 e. The molecule has 0 saturated heterocycles. The Balaban J connectivity index is 2.97. The van der Waals surface area contributed by atoms with Crippen molar-refractivity contribution in [3.63, 3.8) is 0 Å². The van der Waals surface area contributed by atoms with Gasteiger partial charge in [-0.15, -0.1) is 0 Å². The van der Waals surface area contributed by atoms with Gasteiger partial charge >= 0.3 is 0 Å². The van der Waals surface area contributed by atoms with Crippen LogP contribution in [0.25, 0.3) is 0 Å². The van der Waals surface area contributed by atoms with E-state index in [9.17, 15) is 0 Å². The number of nitrogens with two attached hydrogens (primary N) is 1. The predicted molar refractivity (Wildman–Crippen MR) is 70.1 cm³/mol. The molecular formula is C10H14Cl2N4. The third kappa shape index (κ3) is 3.27. The molecule has 16 heavy (non-hydrogen) atoms. The summed E-state index contributed by atoms with van der Waals surface area (Å²) in [5, 5.41) is 4.17. The molecule has 1 aromatic carbocycles. The molecule has 0 bridgehead atoms. The molecule has 4 N–H and O–H groups in total. The van der Waals surface area contributed by atoms with E-state index in [1.165, 1.54) is 0 Å². The summed E-state index contributed by atoms with van der Waals surface area (Å²) in [5.74, 6) is 5.75. The van der Waals surface area contributed by atoms with Crippen LogP contribution in [0.5, 0.6) is 0 Å². The minimum Gasteiger partial charge on any atom is -0.324 e. The van der Waals surface area contributed by atoms with E-state index in [4.69, 9.17) is 29.0 Å². The van der Waals surface area contributed by atoms with Crippen molar-refractivity contribution in [1.29, 1.82) is 0 Å². The van der Waals surface area contributed by atoms with Gasteiger partial charge in [0.2, 0.25) is 5.96 Å². The van der Waals surface area contributed by atoms with Gasteiger partial charge in [0, 0.05) is 11.6 Å². The zero-order valence-corrected chi connectivity index (χ0v) is 10.7. The first-order valence-electron chi connectivity index (χ1n) is 4.82. The van der Waals surface area contributed by atoms with Gasteiger partial charge in [-0.25, -0.2) is 5.84 Å². The quantitative estimate of drug-likeness (QED) is 0.332. The van der Waals surface area contributed by atoms with Gasteiger partial charge in [-0.05, 0) is 31.5 Å². The van der Waals surface area contributed by atoms with Crippen LogP contribution in [-0.4, -0.2) is 12.5 Å².